The third-order valence-corrected chi connectivity index (χ3v) is 5.63. The number of rotatable bonds is 6. The zero-order valence-electron chi connectivity index (χ0n) is 17.4. The summed E-state index contributed by atoms with van der Waals surface area (Å²) in [4.78, 5) is 12.8. The number of carbonyl (C=O) groups is 1. The first-order valence-corrected chi connectivity index (χ1v) is 10.8. The number of nitriles is 1. The van der Waals surface area contributed by atoms with Gasteiger partial charge in [0, 0.05) is 16.3 Å². The number of halogens is 3. The van der Waals surface area contributed by atoms with Crippen LogP contribution < -0.4 is 10.1 Å². The maximum atomic E-state index is 12.8. The summed E-state index contributed by atoms with van der Waals surface area (Å²) in [5.41, 5.74) is 3.80. The summed E-state index contributed by atoms with van der Waals surface area (Å²) in [6.45, 7) is 4.03. The van der Waals surface area contributed by atoms with Gasteiger partial charge < -0.3 is 10.1 Å². The molecule has 0 saturated heterocycles. The Morgan fingerprint density at radius 3 is 2.53 bits per heavy atom. The highest BCUT2D eigenvalue weighted by molar-refractivity contribution is 6.42. The lowest BCUT2D eigenvalue weighted by molar-refractivity contribution is -0.112. The van der Waals surface area contributed by atoms with Gasteiger partial charge in [0.1, 0.15) is 24.0 Å². The van der Waals surface area contributed by atoms with Gasteiger partial charge in [0.15, 0.2) is 0 Å². The van der Waals surface area contributed by atoms with E-state index in [0.29, 0.717) is 32.1 Å². The number of nitrogens with zero attached hydrogens (tertiary/aromatic N) is 1. The van der Waals surface area contributed by atoms with E-state index < -0.39 is 5.91 Å². The van der Waals surface area contributed by atoms with E-state index in [1.807, 2.05) is 38.1 Å². The van der Waals surface area contributed by atoms with Gasteiger partial charge in [-0.3, -0.25) is 4.79 Å². The molecule has 1 amide bonds. The van der Waals surface area contributed by atoms with Gasteiger partial charge in [-0.2, -0.15) is 5.26 Å². The van der Waals surface area contributed by atoms with Gasteiger partial charge in [0.25, 0.3) is 5.91 Å². The summed E-state index contributed by atoms with van der Waals surface area (Å²) < 4.78 is 5.91. The molecule has 32 heavy (non-hydrogen) atoms. The molecular formula is C25H19Cl3N2O2. The molecule has 0 heterocycles. The normalized spacial score (nSPS) is 11.1. The van der Waals surface area contributed by atoms with Crippen LogP contribution in [0.25, 0.3) is 6.08 Å². The van der Waals surface area contributed by atoms with Gasteiger partial charge in [-0.05, 0) is 73.0 Å². The Balaban J connectivity index is 1.85. The Morgan fingerprint density at radius 1 is 1.03 bits per heavy atom. The van der Waals surface area contributed by atoms with Gasteiger partial charge in [0.05, 0.1) is 10.0 Å². The summed E-state index contributed by atoms with van der Waals surface area (Å²) >= 11 is 18.2. The van der Waals surface area contributed by atoms with E-state index in [4.69, 9.17) is 39.5 Å². The lowest BCUT2D eigenvalue weighted by Crippen LogP contribution is -2.14. The largest absolute Gasteiger partial charge is 0.488 e. The Labute approximate surface area is 202 Å². The molecule has 0 radical (unpaired) electrons. The van der Waals surface area contributed by atoms with Crippen molar-refractivity contribution in [2.75, 3.05) is 5.32 Å². The molecule has 0 saturated carbocycles. The van der Waals surface area contributed by atoms with Gasteiger partial charge in [0.2, 0.25) is 0 Å². The lowest BCUT2D eigenvalue weighted by atomic mass is 10.1. The van der Waals surface area contributed by atoms with Crippen LogP contribution in [0.5, 0.6) is 5.75 Å². The Bertz CT molecular complexity index is 1250. The third kappa shape index (κ3) is 6.05. The minimum absolute atomic E-state index is 0.0763. The Morgan fingerprint density at radius 2 is 1.81 bits per heavy atom. The van der Waals surface area contributed by atoms with Crippen molar-refractivity contribution in [3.8, 4) is 11.8 Å². The molecule has 3 rings (SSSR count). The quantitative estimate of drug-likeness (QED) is 0.292. The second kappa shape index (κ2) is 10.6. The number of benzene rings is 3. The average Bonchev–Trinajstić information content (AvgIpc) is 2.76. The van der Waals surface area contributed by atoms with Crippen LogP contribution in [0.4, 0.5) is 5.69 Å². The Hall–Kier alpha value is -2.97. The number of ether oxygens (including phenoxy) is 1. The molecule has 3 aromatic carbocycles. The minimum Gasteiger partial charge on any atom is -0.488 e. The maximum absolute atomic E-state index is 12.8. The molecule has 0 spiro atoms. The molecule has 0 atom stereocenters. The number of hydrogen-bond acceptors (Lipinski definition) is 3. The van der Waals surface area contributed by atoms with Crippen LogP contribution in [-0.4, -0.2) is 5.91 Å². The first-order valence-electron chi connectivity index (χ1n) is 9.63. The predicted octanol–water partition coefficient (Wildman–Crippen LogP) is 7.39. The molecule has 0 aliphatic rings. The van der Waals surface area contributed by atoms with Crippen molar-refractivity contribution < 1.29 is 9.53 Å². The van der Waals surface area contributed by atoms with E-state index >= 15 is 0 Å². The van der Waals surface area contributed by atoms with Crippen molar-refractivity contribution in [3.05, 3.63) is 97.5 Å². The standard InChI is InChI=1S/C25H19Cl3N2O2/c1-15-3-4-16(2)23(9-15)30-25(31)19(13-29)11-18-12-20(26)6-8-24(18)32-14-17-5-7-21(27)22(28)10-17/h3-12H,14H2,1-2H3,(H,30,31)/b19-11+. The lowest BCUT2D eigenvalue weighted by Gasteiger charge is -2.12. The fourth-order valence-corrected chi connectivity index (χ4v) is 3.42. The fourth-order valence-electron chi connectivity index (χ4n) is 2.92. The number of carbonyl (C=O) groups excluding carboxylic acids is 1. The molecule has 0 aliphatic heterocycles. The molecule has 162 valence electrons. The van der Waals surface area contributed by atoms with Crippen LogP contribution in [0.2, 0.25) is 15.1 Å². The number of anilines is 1. The molecule has 0 unspecified atom stereocenters. The highest BCUT2D eigenvalue weighted by atomic mass is 35.5. The van der Waals surface area contributed by atoms with Crippen molar-refractivity contribution >= 4 is 52.5 Å². The van der Waals surface area contributed by atoms with Crippen LogP contribution in [0.1, 0.15) is 22.3 Å². The molecule has 3 aromatic rings. The van der Waals surface area contributed by atoms with Crippen molar-refractivity contribution in [2.24, 2.45) is 0 Å². The van der Waals surface area contributed by atoms with E-state index in [0.717, 1.165) is 16.7 Å². The summed E-state index contributed by atoms with van der Waals surface area (Å²) in [5.74, 6) is -0.0515. The van der Waals surface area contributed by atoms with Crippen LogP contribution in [0.3, 0.4) is 0 Å². The van der Waals surface area contributed by atoms with Crippen molar-refractivity contribution in [3.63, 3.8) is 0 Å². The molecule has 1 N–H and O–H groups in total. The molecule has 0 aromatic heterocycles. The minimum atomic E-state index is -0.517. The number of hydrogen-bond donors (Lipinski definition) is 1. The average molecular weight is 486 g/mol. The van der Waals surface area contributed by atoms with Crippen LogP contribution in [0.15, 0.2) is 60.2 Å². The van der Waals surface area contributed by atoms with Gasteiger partial charge in [-0.15, -0.1) is 0 Å². The fraction of sp³-hybridized carbons (Fsp3) is 0.120. The SMILES string of the molecule is Cc1ccc(C)c(NC(=O)/C(C#N)=C/c2cc(Cl)ccc2OCc2ccc(Cl)c(Cl)c2)c1. The summed E-state index contributed by atoms with van der Waals surface area (Å²) in [6, 6.07) is 17.9. The molecule has 7 heteroatoms. The molecular weight excluding hydrogens is 467 g/mol. The molecule has 4 nitrogen and oxygen atoms in total. The van der Waals surface area contributed by atoms with Crippen LogP contribution in [0, 0.1) is 25.2 Å². The summed E-state index contributed by atoms with van der Waals surface area (Å²) in [7, 11) is 0. The van der Waals surface area contributed by atoms with Gasteiger partial charge in [-0.25, -0.2) is 0 Å². The molecule has 0 fully saturated rings. The highest BCUT2D eigenvalue weighted by Gasteiger charge is 2.13. The third-order valence-electron chi connectivity index (χ3n) is 4.66. The highest BCUT2D eigenvalue weighted by Crippen LogP contribution is 2.28. The van der Waals surface area contributed by atoms with Crippen LogP contribution >= 0.6 is 34.8 Å². The second-order valence-corrected chi connectivity index (χ2v) is 8.41. The monoisotopic (exact) mass is 484 g/mol. The van der Waals surface area contributed by atoms with Gasteiger partial charge in [-0.1, -0.05) is 53.0 Å². The van der Waals surface area contributed by atoms with Gasteiger partial charge >= 0.3 is 0 Å². The number of aryl methyl sites for hydroxylation is 2. The van der Waals surface area contributed by atoms with Crippen molar-refractivity contribution in [1.29, 1.82) is 5.26 Å². The topological polar surface area (TPSA) is 62.1 Å². The first-order chi connectivity index (χ1) is 15.3. The number of amides is 1. The Kier molecular flexibility index (Phi) is 7.82. The molecule has 0 aliphatic carbocycles. The zero-order chi connectivity index (χ0) is 23.3. The van der Waals surface area contributed by atoms with E-state index in [1.165, 1.54) is 6.08 Å². The maximum Gasteiger partial charge on any atom is 0.266 e. The van der Waals surface area contributed by atoms with Crippen LogP contribution in [-0.2, 0) is 11.4 Å². The smallest absolute Gasteiger partial charge is 0.266 e. The predicted molar refractivity (Wildman–Crippen MR) is 130 cm³/mol. The first kappa shape index (κ1) is 23.7. The van der Waals surface area contributed by atoms with Crippen molar-refractivity contribution in [2.45, 2.75) is 20.5 Å². The second-order valence-electron chi connectivity index (χ2n) is 7.16. The molecule has 0 bridgehead atoms. The van der Waals surface area contributed by atoms with E-state index in [9.17, 15) is 10.1 Å². The zero-order valence-corrected chi connectivity index (χ0v) is 19.6. The van der Waals surface area contributed by atoms with Crippen molar-refractivity contribution in [1.82, 2.24) is 0 Å². The van der Waals surface area contributed by atoms with E-state index in [-0.39, 0.29) is 12.2 Å². The summed E-state index contributed by atoms with van der Waals surface area (Å²) in [6.07, 6.45) is 1.45. The van der Waals surface area contributed by atoms with E-state index in [2.05, 4.69) is 5.32 Å². The summed E-state index contributed by atoms with van der Waals surface area (Å²) in [5, 5.41) is 13.7. The van der Waals surface area contributed by atoms with E-state index in [1.54, 1.807) is 36.4 Å². The number of nitrogens with one attached hydrogen (secondary N) is 1.